The maximum absolute atomic E-state index is 13.6. The Morgan fingerprint density at radius 3 is 2.69 bits per heavy atom. The highest BCUT2D eigenvalue weighted by atomic mass is 32.2. The lowest BCUT2D eigenvalue weighted by molar-refractivity contribution is -0.160. The number of anilines is 1. The van der Waals surface area contributed by atoms with Crippen LogP contribution in [0.1, 0.15) is 26.7 Å². The molecule has 0 saturated carbocycles. The molecule has 2 aliphatic heterocycles. The van der Waals surface area contributed by atoms with Gasteiger partial charge in [-0.05, 0) is 32.4 Å². The maximum Gasteiger partial charge on any atom is 0.330 e. The molecule has 2 saturated heterocycles. The van der Waals surface area contributed by atoms with Crippen LogP contribution in [0.15, 0.2) is 18.2 Å². The number of nitrogens with zero attached hydrogens (tertiary/aromatic N) is 1. The molecule has 140 valence electrons. The quantitative estimate of drug-likeness (QED) is 0.806. The van der Waals surface area contributed by atoms with E-state index in [1.165, 1.54) is 29.7 Å². The summed E-state index contributed by atoms with van der Waals surface area (Å²) >= 11 is 1.50. The van der Waals surface area contributed by atoms with Gasteiger partial charge in [0, 0.05) is 12.2 Å². The van der Waals surface area contributed by atoms with E-state index < -0.39 is 46.2 Å². The van der Waals surface area contributed by atoms with E-state index in [1.54, 1.807) is 0 Å². The zero-order valence-electron chi connectivity index (χ0n) is 14.3. The number of halogens is 2. The molecule has 0 spiro atoms. The number of rotatable bonds is 4. The van der Waals surface area contributed by atoms with Gasteiger partial charge in [0.15, 0.2) is 6.10 Å². The molecule has 0 aliphatic carbocycles. The largest absolute Gasteiger partial charge is 0.451 e. The van der Waals surface area contributed by atoms with Crippen molar-refractivity contribution in [3.05, 3.63) is 29.8 Å². The van der Waals surface area contributed by atoms with E-state index in [4.69, 9.17) is 4.74 Å². The van der Waals surface area contributed by atoms with E-state index in [9.17, 15) is 23.2 Å². The third kappa shape index (κ3) is 3.27. The first-order valence-corrected chi connectivity index (χ1v) is 9.13. The maximum atomic E-state index is 13.6. The van der Waals surface area contributed by atoms with Crippen molar-refractivity contribution in [3.8, 4) is 0 Å². The Bertz CT molecular complexity index is 755. The Morgan fingerprint density at radius 2 is 2.04 bits per heavy atom. The summed E-state index contributed by atoms with van der Waals surface area (Å²) in [6, 6.07) is 2.42. The van der Waals surface area contributed by atoms with Gasteiger partial charge < -0.3 is 15.0 Å². The standard InChI is InChI=1S/C17H18F2N2O4S/c1-9(15(23)20-14-10(18)4-3-5-11(14)19)25-16(24)12-8-26-17(2)7-6-13(22)21(12)17/h3-5,9,12H,6-8H2,1-2H3,(H,20,23)/t9-,12+,17+/m1/s1. The van der Waals surface area contributed by atoms with E-state index in [-0.39, 0.29) is 5.91 Å². The molecule has 3 rings (SSSR count). The van der Waals surface area contributed by atoms with Gasteiger partial charge in [-0.15, -0.1) is 11.8 Å². The van der Waals surface area contributed by atoms with Gasteiger partial charge in [-0.2, -0.15) is 0 Å². The molecule has 2 heterocycles. The van der Waals surface area contributed by atoms with Crippen LogP contribution in [0.5, 0.6) is 0 Å². The number of thioether (sulfide) groups is 1. The number of ether oxygens (including phenoxy) is 1. The average molecular weight is 384 g/mol. The molecule has 0 radical (unpaired) electrons. The van der Waals surface area contributed by atoms with Crippen molar-refractivity contribution in [1.29, 1.82) is 0 Å². The molecule has 3 atom stereocenters. The summed E-state index contributed by atoms with van der Waals surface area (Å²) in [4.78, 5) is 37.7. The fourth-order valence-corrected chi connectivity index (χ4v) is 4.56. The number of nitrogens with one attached hydrogen (secondary N) is 1. The highest BCUT2D eigenvalue weighted by Gasteiger charge is 2.53. The van der Waals surface area contributed by atoms with Gasteiger partial charge in [-0.1, -0.05) is 6.07 Å². The second-order valence-corrected chi connectivity index (χ2v) is 7.93. The number of amides is 2. The molecule has 1 aromatic carbocycles. The Labute approximate surface area is 153 Å². The van der Waals surface area contributed by atoms with Crippen LogP contribution in [0.2, 0.25) is 0 Å². The number of benzene rings is 1. The minimum absolute atomic E-state index is 0.120. The first kappa shape index (κ1) is 18.6. The van der Waals surface area contributed by atoms with E-state index in [1.807, 2.05) is 6.92 Å². The van der Waals surface area contributed by atoms with Gasteiger partial charge in [-0.25, -0.2) is 13.6 Å². The normalized spacial score (nSPS) is 25.8. The molecule has 26 heavy (non-hydrogen) atoms. The molecule has 2 aliphatic rings. The lowest BCUT2D eigenvalue weighted by Gasteiger charge is -2.29. The molecular formula is C17H18F2N2O4S. The van der Waals surface area contributed by atoms with Crippen LogP contribution in [0, 0.1) is 11.6 Å². The van der Waals surface area contributed by atoms with Gasteiger partial charge >= 0.3 is 5.97 Å². The van der Waals surface area contributed by atoms with E-state index in [0.29, 0.717) is 18.6 Å². The van der Waals surface area contributed by atoms with Crippen molar-refractivity contribution < 1.29 is 27.9 Å². The number of fused-ring (bicyclic) bond motifs is 1. The first-order valence-electron chi connectivity index (χ1n) is 8.14. The zero-order chi connectivity index (χ0) is 19.1. The van der Waals surface area contributed by atoms with Crippen molar-refractivity contribution in [2.75, 3.05) is 11.1 Å². The van der Waals surface area contributed by atoms with Crippen LogP contribution < -0.4 is 5.32 Å². The lowest BCUT2D eigenvalue weighted by atomic mass is 10.2. The first-order chi connectivity index (χ1) is 12.2. The van der Waals surface area contributed by atoms with Crippen molar-refractivity contribution in [3.63, 3.8) is 0 Å². The molecule has 2 fully saturated rings. The molecular weight excluding hydrogens is 366 g/mol. The van der Waals surface area contributed by atoms with Crippen molar-refractivity contribution >= 4 is 35.2 Å². The monoisotopic (exact) mass is 384 g/mol. The van der Waals surface area contributed by atoms with E-state index in [2.05, 4.69) is 5.32 Å². The number of hydrogen-bond acceptors (Lipinski definition) is 5. The summed E-state index contributed by atoms with van der Waals surface area (Å²) in [7, 11) is 0. The molecule has 0 bridgehead atoms. The molecule has 0 unspecified atom stereocenters. The summed E-state index contributed by atoms with van der Waals surface area (Å²) in [5.74, 6) is -3.15. The summed E-state index contributed by atoms with van der Waals surface area (Å²) in [6.45, 7) is 3.20. The number of esters is 1. The second-order valence-electron chi connectivity index (χ2n) is 6.43. The van der Waals surface area contributed by atoms with Crippen LogP contribution in [0.3, 0.4) is 0 Å². The molecule has 1 N–H and O–H groups in total. The summed E-state index contributed by atoms with van der Waals surface area (Å²) < 4.78 is 32.4. The van der Waals surface area contributed by atoms with Gasteiger partial charge in [0.05, 0.1) is 4.87 Å². The van der Waals surface area contributed by atoms with Gasteiger partial charge in [0.1, 0.15) is 23.4 Å². The molecule has 0 aromatic heterocycles. The zero-order valence-corrected chi connectivity index (χ0v) is 15.1. The highest BCUT2D eigenvalue weighted by molar-refractivity contribution is 8.01. The minimum Gasteiger partial charge on any atom is -0.451 e. The SMILES string of the molecule is C[C@@H](OC(=O)[C@@H]1CS[C@@]2(C)CCC(=O)N12)C(=O)Nc1c(F)cccc1F. The van der Waals surface area contributed by atoms with Crippen molar-refractivity contribution in [2.24, 2.45) is 0 Å². The Morgan fingerprint density at radius 1 is 1.38 bits per heavy atom. The minimum atomic E-state index is -1.27. The van der Waals surface area contributed by atoms with Crippen LogP contribution in [-0.2, 0) is 19.1 Å². The second kappa shape index (κ2) is 6.86. The summed E-state index contributed by atoms with van der Waals surface area (Å²) in [5, 5.41) is 2.08. The fraction of sp³-hybridized carbons (Fsp3) is 0.471. The molecule has 9 heteroatoms. The predicted octanol–water partition coefficient (Wildman–Crippen LogP) is 2.29. The van der Waals surface area contributed by atoms with E-state index >= 15 is 0 Å². The topological polar surface area (TPSA) is 75.7 Å². The van der Waals surface area contributed by atoms with Crippen molar-refractivity contribution in [2.45, 2.75) is 43.7 Å². The highest BCUT2D eigenvalue weighted by Crippen LogP contribution is 2.47. The lowest BCUT2D eigenvalue weighted by Crippen LogP contribution is -2.48. The Balaban J connectivity index is 1.64. The third-order valence-electron chi connectivity index (χ3n) is 4.59. The number of carbonyl (C=O) groups is 3. The average Bonchev–Trinajstić information content (AvgIpc) is 3.07. The number of carbonyl (C=O) groups excluding carboxylic acids is 3. The summed E-state index contributed by atoms with van der Waals surface area (Å²) in [6.07, 6.45) is -0.241. The van der Waals surface area contributed by atoms with Gasteiger partial charge in [-0.3, -0.25) is 9.59 Å². The van der Waals surface area contributed by atoms with Gasteiger partial charge in [0.25, 0.3) is 5.91 Å². The summed E-state index contributed by atoms with van der Waals surface area (Å²) in [5.41, 5.74) is -0.598. The smallest absolute Gasteiger partial charge is 0.330 e. The van der Waals surface area contributed by atoms with Gasteiger partial charge in [0.2, 0.25) is 5.91 Å². The van der Waals surface area contributed by atoms with Crippen molar-refractivity contribution in [1.82, 2.24) is 4.90 Å². The van der Waals surface area contributed by atoms with Crippen LogP contribution in [0.4, 0.5) is 14.5 Å². The molecule has 2 amide bonds. The Hall–Kier alpha value is -2.16. The fourth-order valence-electron chi connectivity index (χ4n) is 3.14. The van der Waals surface area contributed by atoms with Crippen LogP contribution in [-0.4, -0.2) is 45.5 Å². The molecule has 1 aromatic rings. The molecule has 6 nitrogen and oxygen atoms in total. The predicted molar refractivity (Wildman–Crippen MR) is 91.3 cm³/mol. The third-order valence-corrected chi connectivity index (χ3v) is 6.10. The van der Waals surface area contributed by atoms with E-state index in [0.717, 1.165) is 12.1 Å². The number of para-hydroxylation sites is 1. The van der Waals surface area contributed by atoms with Crippen LogP contribution in [0.25, 0.3) is 0 Å². The number of hydrogen-bond donors (Lipinski definition) is 1. The Kier molecular flexibility index (Phi) is 4.92. The van der Waals surface area contributed by atoms with Crippen LogP contribution >= 0.6 is 11.8 Å².